The van der Waals surface area contributed by atoms with Gasteiger partial charge in [0.15, 0.2) is 4.34 Å². The van der Waals surface area contributed by atoms with Crippen molar-refractivity contribution in [2.45, 2.75) is 9.59 Å². The number of rotatable bonds is 4. The molecule has 1 aromatic carbocycles. The first-order chi connectivity index (χ1) is 7.81. The standard InChI is InChI=1S/C10H10ClN3S2/c11-8-4-2-1-3-7(8)9(5-12)15-10-13-6-14-16-10/h1-4,6,9H,5,12H2. The van der Waals surface area contributed by atoms with Crippen molar-refractivity contribution < 1.29 is 0 Å². The summed E-state index contributed by atoms with van der Waals surface area (Å²) in [5.74, 6) is 0. The highest BCUT2D eigenvalue weighted by Crippen LogP contribution is 2.37. The monoisotopic (exact) mass is 271 g/mol. The molecule has 1 unspecified atom stereocenters. The average Bonchev–Trinajstić information content (AvgIpc) is 2.80. The molecule has 2 aromatic rings. The fraction of sp³-hybridized carbons (Fsp3) is 0.200. The van der Waals surface area contributed by atoms with E-state index in [0.717, 1.165) is 14.9 Å². The van der Waals surface area contributed by atoms with Crippen LogP contribution in [-0.2, 0) is 0 Å². The molecule has 1 heterocycles. The van der Waals surface area contributed by atoms with Gasteiger partial charge in [0.2, 0.25) is 0 Å². The summed E-state index contributed by atoms with van der Waals surface area (Å²) in [6.07, 6.45) is 1.55. The fourth-order valence-corrected chi connectivity index (χ4v) is 3.35. The van der Waals surface area contributed by atoms with Crippen molar-refractivity contribution in [1.82, 2.24) is 9.36 Å². The van der Waals surface area contributed by atoms with Crippen molar-refractivity contribution >= 4 is 34.9 Å². The first kappa shape index (κ1) is 11.9. The van der Waals surface area contributed by atoms with Crippen molar-refractivity contribution in [3.8, 4) is 0 Å². The van der Waals surface area contributed by atoms with Crippen LogP contribution in [0.15, 0.2) is 34.9 Å². The molecule has 84 valence electrons. The molecule has 0 aliphatic carbocycles. The average molecular weight is 272 g/mol. The van der Waals surface area contributed by atoms with Crippen LogP contribution in [0.2, 0.25) is 5.02 Å². The van der Waals surface area contributed by atoms with Gasteiger partial charge in [-0.1, -0.05) is 41.6 Å². The van der Waals surface area contributed by atoms with Crippen molar-refractivity contribution in [2.24, 2.45) is 5.73 Å². The van der Waals surface area contributed by atoms with Crippen LogP contribution in [0.5, 0.6) is 0 Å². The van der Waals surface area contributed by atoms with E-state index < -0.39 is 0 Å². The summed E-state index contributed by atoms with van der Waals surface area (Å²) in [5, 5.41) is 0.872. The molecule has 1 atom stereocenters. The minimum Gasteiger partial charge on any atom is -0.329 e. The van der Waals surface area contributed by atoms with E-state index in [1.54, 1.807) is 18.1 Å². The molecule has 0 saturated heterocycles. The summed E-state index contributed by atoms with van der Waals surface area (Å²) < 4.78 is 4.87. The molecule has 0 aliphatic rings. The van der Waals surface area contributed by atoms with Gasteiger partial charge in [0.1, 0.15) is 6.33 Å². The zero-order chi connectivity index (χ0) is 11.4. The molecule has 0 aliphatic heterocycles. The maximum Gasteiger partial charge on any atom is 0.170 e. The molecular formula is C10H10ClN3S2. The summed E-state index contributed by atoms with van der Waals surface area (Å²) >= 11 is 9.10. The summed E-state index contributed by atoms with van der Waals surface area (Å²) in [4.78, 5) is 4.13. The van der Waals surface area contributed by atoms with Gasteiger partial charge in [-0.3, -0.25) is 0 Å². The molecule has 0 fully saturated rings. The third kappa shape index (κ3) is 2.74. The van der Waals surface area contributed by atoms with E-state index in [4.69, 9.17) is 17.3 Å². The van der Waals surface area contributed by atoms with E-state index in [9.17, 15) is 0 Å². The molecular weight excluding hydrogens is 262 g/mol. The Bertz CT molecular complexity index is 447. The largest absolute Gasteiger partial charge is 0.329 e. The normalized spacial score (nSPS) is 12.6. The van der Waals surface area contributed by atoms with Crippen LogP contribution in [-0.4, -0.2) is 15.9 Å². The molecule has 3 nitrogen and oxygen atoms in total. The maximum absolute atomic E-state index is 6.14. The van der Waals surface area contributed by atoms with Crippen molar-refractivity contribution in [1.29, 1.82) is 0 Å². The van der Waals surface area contributed by atoms with Gasteiger partial charge in [0, 0.05) is 11.6 Å². The number of nitrogens with zero attached hydrogens (tertiary/aromatic N) is 2. The molecule has 6 heteroatoms. The quantitative estimate of drug-likeness (QED) is 0.869. The lowest BCUT2D eigenvalue weighted by molar-refractivity contribution is 0.939. The van der Waals surface area contributed by atoms with Gasteiger partial charge in [0.05, 0.1) is 5.25 Å². The van der Waals surface area contributed by atoms with Crippen molar-refractivity contribution in [3.05, 3.63) is 41.2 Å². The van der Waals surface area contributed by atoms with Crippen LogP contribution in [0.4, 0.5) is 0 Å². The maximum atomic E-state index is 6.14. The number of thioether (sulfide) groups is 1. The van der Waals surface area contributed by atoms with E-state index in [-0.39, 0.29) is 5.25 Å². The third-order valence-corrected chi connectivity index (χ3v) is 4.41. The highest BCUT2D eigenvalue weighted by molar-refractivity contribution is 8.01. The van der Waals surface area contributed by atoms with Crippen LogP contribution in [0.1, 0.15) is 10.8 Å². The number of hydrogen-bond donors (Lipinski definition) is 1. The lowest BCUT2D eigenvalue weighted by Gasteiger charge is -2.14. The Hall–Kier alpha value is -0.620. The SMILES string of the molecule is NCC(Sc1ncns1)c1ccccc1Cl. The lowest BCUT2D eigenvalue weighted by Crippen LogP contribution is -2.09. The smallest absolute Gasteiger partial charge is 0.170 e. The molecule has 0 amide bonds. The van der Waals surface area contributed by atoms with Crippen molar-refractivity contribution in [3.63, 3.8) is 0 Å². The second-order valence-electron chi connectivity index (χ2n) is 3.07. The Morgan fingerprint density at radius 2 is 2.25 bits per heavy atom. The van der Waals surface area contributed by atoms with E-state index in [2.05, 4.69) is 9.36 Å². The Morgan fingerprint density at radius 1 is 1.44 bits per heavy atom. The highest BCUT2D eigenvalue weighted by Gasteiger charge is 2.15. The van der Waals surface area contributed by atoms with E-state index in [1.807, 2.05) is 24.3 Å². The van der Waals surface area contributed by atoms with Crippen LogP contribution < -0.4 is 5.73 Å². The van der Waals surface area contributed by atoms with E-state index in [0.29, 0.717) is 6.54 Å². The first-order valence-corrected chi connectivity index (χ1v) is 6.72. The molecule has 0 spiro atoms. The highest BCUT2D eigenvalue weighted by atomic mass is 35.5. The number of aromatic nitrogens is 2. The van der Waals surface area contributed by atoms with Gasteiger partial charge in [-0.05, 0) is 23.2 Å². The Balaban J connectivity index is 2.20. The van der Waals surface area contributed by atoms with E-state index in [1.165, 1.54) is 11.5 Å². The third-order valence-electron chi connectivity index (χ3n) is 2.05. The molecule has 1 aromatic heterocycles. The van der Waals surface area contributed by atoms with Gasteiger partial charge < -0.3 is 5.73 Å². The van der Waals surface area contributed by atoms with Gasteiger partial charge >= 0.3 is 0 Å². The number of nitrogens with two attached hydrogens (primary N) is 1. The molecule has 0 radical (unpaired) electrons. The Morgan fingerprint density at radius 3 is 2.88 bits per heavy atom. The lowest BCUT2D eigenvalue weighted by atomic mass is 10.1. The zero-order valence-corrected chi connectivity index (χ0v) is 10.7. The Labute approximate surface area is 107 Å². The van der Waals surface area contributed by atoms with Crippen LogP contribution in [0, 0.1) is 0 Å². The number of halogens is 1. The minimum atomic E-state index is 0.127. The summed E-state index contributed by atoms with van der Waals surface area (Å²) in [6.45, 7) is 0.522. The summed E-state index contributed by atoms with van der Waals surface area (Å²) in [6, 6.07) is 7.74. The van der Waals surface area contributed by atoms with Crippen molar-refractivity contribution in [2.75, 3.05) is 6.54 Å². The fourth-order valence-electron chi connectivity index (χ4n) is 1.31. The van der Waals surface area contributed by atoms with Crippen LogP contribution >= 0.6 is 34.9 Å². The minimum absolute atomic E-state index is 0.127. The van der Waals surface area contributed by atoms with Gasteiger partial charge in [-0.2, -0.15) is 4.37 Å². The van der Waals surface area contributed by atoms with Gasteiger partial charge in [0.25, 0.3) is 0 Å². The molecule has 16 heavy (non-hydrogen) atoms. The summed E-state index contributed by atoms with van der Waals surface area (Å²) in [7, 11) is 0. The molecule has 0 saturated carbocycles. The Kier molecular flexibility index (Phi) is 4.17. The van der Waals surface area contributed by atoms with Gasteiger partial charge in [-0.25, -0.2) is 4.98 Å². The zero-order valence-electron chi connectivity index (χ0n) is 8.34. The predicted molar refractivity (Wildman–Crippen MR) is 69.0 cm³/mol. The second-order valence-corrected chi connectivity index (χ2v) is 5.71. The van der Waals surface area contributed by atoms with Crippen LogP contribution in [0.3, 0.4) is 0 Å². The predicted octanol–water partition coefficient (Wildman–Crippen LogP) is 2.98. The number of hydrogen-bond acceptors (Lipinski definition) is 5. The second kappa shape index (κ2) is 5.63. The summed E-state index contributed by atoms with van der Waals surface area (Å²) in [5.41, 5.74) is 6.82. The first-order valence-electron chi connectivity index (χ1n) is 4.69. The molecule has 2 N–H and O–H groups in total. The molecule has 2 rings (SSSR count). The molecule has 0 bridgehead atoms. The topological polar surface area (TPSA) is 51.8 Å². The van der Waals surface area contributed by atoms with E-state index >= 15 is 0 Å². The van der Waals surface area contributed by atoms with Crippen LogP contribution in [0.25, 0.3) is 0 Å². The number of benzene rings is 1. The van der Waals surface area contributed by atoms with Gasteiger partial charge in [-0.15, -0.1) is 0 Å².